The van der Waals surface area contributed by atoms with E-state index in [0.717, 1.165) is 0 Å². The van der Waals surface area contributed by atoms with Crippen molar-refractivity contribution < 1.29 is 69.0 Å². The Bertz CT molecular complexity index is 567. The topological polar surface area (TPSA) is 96.1 Å². The van der Waals surface area contributed by atoms with Crippen molar-refractivity contribution in [3.63, 3.8) is 0 Å². The Balaban J connectivity index is 0.00000128. The van der Waals surface area contributed by atoms with E-state index in [4.69, 9.17) is 0 Å². The van der Waals surface area contributed by atoms with E-state index >= 15 is 0 Å². The van der Waals surface area contributed by atoms with Crippen LogP contribution in [-0.2, 0) is 10.1 Å². The Kier molecular flexibility index (Phi) is 4.80. The first-order chi connectivity index (χ1) is 7.09. The minimum absolute atomic E-state index is 0. The fraction of sp³-hybridized carbons (Fsp3) is 0. The van der Waals surface area contributed by atoms with Crippen LogP contribution in [0.25, 0.3) is 11.3 Å². The molecule has 1 aromatic heterocycles. The van der Waals surface area contributed by atoms with Crippen molar-refractivity contribution in [2.45, 2.75) is 5.03 Å². The fourth-order valence-electron chi connectivity index (χ4n) is 1.12. The van der Waals surface area contributed by atoms with Gasteiger partial charge in [0, 0.05) is 5.56 Å². The molecule has 0 saturated carbocycles. The second kappa shape index (κ2) is 5.49. The second-order valence-electron chi connectivity index (χ2n) is 2.74. The molecule has 8 heteroatoms. The summed E-state index contributed by atoms with van der Waals surface area (Å²) in [4.78, 5) is 0. The molecule has 1 aromatic carbocycles. The molecule has 2 aromatic rings. The molecule has 0 amide bonds. The van der Waals surface area contributed by atoms with Gasteiger partial charge >= 0.3 is 51.4 Å². The van der Waals surface area contributed by atoms with Crippen molar-refractivity contribution in [2.24, 2.45) is 0 Å². The van der Waals surface area contributed by atoms with Gasteiger partial charge in [-0.05, 0) is 10.3 Å². The zero-order valence-electron chi connectivity index (χ0n) is 8.32. The molecule has 0 saturated heterocycles. The van der Waals surface area contributed by atoms with Crippen LogP contribution in [0.4, 0.5) is 0 Å². The van der Waals surface area contributed by atoms with Gasteiger partial charge in [-0.3, -0.25) is 0 Å². The summed E-state index contributed by atoms with van der Waals surface area (Å²) >= 11 is 0. The Morgan fingerprint density at radius 1 is 1.12 bits per heavy atom. The van der Waals surface area contributed by atoms with Gasteiger partial charge < -0.3 is 4.55 Å². The van der Waals surface area contributed by atoms with Crippen molar-refractivity contribution in [1.82, 2.24) is 10.3 Å². The predicted octanol–water partition coefficient (Wildman–Crippen LogP) is -2.36. The van der Waals surface area contributed by atoms with E-state index in [2.05, 4.69) is 14.9 Å². The average Bonchev–Trinajstić information content (AvgIpc) is 2.67. The maximum Gasteiger partial charge on any atom is 1.00 e. The summed E-state index contributed by atoms with van der Waals surface area (Å²) in [7, 11) is -4.66. The predicted molar refractivity (Wildman–Crippen MR) is 47.7 cm³/mol. The zero-order valence-corrected chi connectivity index (χ0v) is 12.3. The number of hydrogen-bond acceptors (Lipinski definition) is 6. The van der Waals surface area contributed by atoms with Crippen LogP contribution in [0.5, 0.6) is 0 Å². The third kappa shape index (κ3) is 2.97. The first kappa shape index (κ1) is 14.0. The van der Waals surface area contributed by atoms with Gasteiger partial charge in [0.2, 0.25) is 5.03 Å². The molecule has 0 aliphatic heterocycles. The van der Waals surface area contributed by atoms with Crippen LogP contribution in [0.15, 0.2) is 40.0 Å². The largest absolute Gasteiger partial charge is 1.00 e. The number of aromatic nitrogens is 2. The fourth-order valence-corrected chi connectivity index (χ4v) is 1.63. The van der Waals surface area contributed by atoms with E-state index in [0.29, 0.717) is 5.56 Å². The van der Waals surface area contributed by atoms with Gasteiger partial charge in [0.05, 0.1) is 0 Å². The first-order valence-electron chi connectivity index (χ1n) is 3.93. The molecular weight excluding hydrogens is 259 g/mol. The van der Waals surface area contributed by atoms with E-state index in [1.54, 1.807) is 30.3 Å². The van der Waals surface area contributed by atoms with Crippen LogP contribution in [0.1, 0.15) is 0 Å². The molecule has 1 heterocycles. The SMILES string of the molecule is O=S(=O)([O-])c1nonc1-c1ccccc1.[K+]. The first-order valence-corrected chi connectivity index (χ1v) is 5.34. The quantitative estimate of drug-likeness (QED) is 0.445. The molecule has 0 unspecified atom stereocenters. The number of benzene rings is 1. The Hall–Kier alpha value is -0.0936. The molecule has 0 bridgehead atoms. The van der Waals surface area contributed by atoms with Gasteiger partial charge in [0.15, 0.2) is 5.69 Å². The minimum Gasteiger partial charge on any atom is -0.743 e. The van der Waals surface area contributed by atoms with Crippen LogP contribution in [-0.4, -0.2) is 23.3 Å². The third-order valence-corrected chi connectivity index (χ3v) is 2.48. The van der Waals surface area contributed by atoms with E-state index in [-0.39, 0.29) is 57.1 Å². The number of rotatable bonds is 2. The van der Waals surface area contributed by atoms with E-state index in [1.807, 2.05) is 0 Å². The van der Waals surface area contributed by atoms with Crippen LogP contribution >= 0.6 is 0 Å². The maximum atomic E-state index is 10.8. The second-order valence-corrected chi connectivity index (χ2v) is 4.03. The Morgan fingerprint density at radius 2 is 1.75 bits per heavy atom. The molecule has 0 aliphatic carbocycles. The van der Waals surface area contributed by atoms with Crippen molar-refractivity contribution in [3.05, 3.63) is 30.3 Å². The van der Waals surface area contributed by atoms with Gasteiger partial charge in [0.1, 0.15) is 10.1 Å². The average molecular weight is 264 g/mol. The summed E-state index contributed by atoms with van der Waals surface area (Å²) in [5.74, 6) is 0. The van der Waals surface area contributed by atoms with Crippen molar-refractivity contribution in [3.8, 4) is 11.3 Å². The molecule has 6 nitrogen and oxygen atoms in total. The standard InChI is InChI=1S/C8H6N2O4S.K/c11-15(12,13)8-7(9-14-10-8)6-4-2-1-3-5-6;/h1-5H,(H,11,12,13);/q;+1/p-1. The van der Waals surface area contributed by atoms with Gasteiger partial charge in [-0.1, -0.05) is 30.3 Å². The normalized spacial score (nSPS) is 10.8. The minimum atomic E-state index is -4.66. The van der Waals surface area contributed by atoms with Crippen molar-refractivity contribution in [2.75, 3.05) is 0 Å². The molecule has 0 aliphatic rings. The molecule has 78 valence electrons. The Morgan fingerprint density at radius 3 is 2.31 bits per heavy atom. The van der Waals surface area contributed by atoms with Gasteiger partial charge in [-0.25, -0.2) is 13.0 Å². The van der Waals surface area contributed by atoms with Crippen LogP contribution in [0, 0.1) is 0 Å². The number of hydrogen-bond donors (Lipinski definition) is 0. The Labute approximate surface area is 134 Å². The summed E-state index contributed by atoms with van der Waals surface area (Å²) in [6, 6.07) is 8.33. The van der Waals surface area contributed by atoms with E-state index < -0.39 is 15.1 Å². The molecule has 0 N–H and O–H groups in total. The van der Waals surface area contributed by atoms with E-state index in [1.165, 1.54) is 0 Å². The summed E-state index contributed by atoms with van der Waals surface area (Å²) < 4.78 is 36.6. The van der Waals surface area contributed by atoms with Crippen LogP contribution in [0.2, 0.25) is 0 Å². The summed E-state index contributed by atoms with van der Waals surface area (Å²) in [6.07, 6.45) is 0. The molecular formula is C8H5KN2O4S. The molecule has 2 rings (SSSR count). The summed E-state index contributed by atoms with van der Waals surface area (Å²) in [6.45, 7) is 0. The smallest absolute Gasteiger partial charge is 0.743 e. The molecule has 16 heavy (non-hydrogen) atoms. The summed E-state index contributed by atoms with van der Waals surface area (Å²) in [5, 5.41) is 5.78. The molecule has 0 radical (unpaired) electrons. The van der Waals surface area contributed by atoms with Gasteiger partial charge in [-0.15, -0.1) is 0 Å². The van der Waals surface area contributed by atoms with Crippen LogP contribution < -0.4 is 51.4 Å². The zero-order chi connectivity index (χ0) is 10.9. The van der Waals surface area contributed by atoms with E-state index in [9.17, 15) is 13.0 Å². The van der Waals surface area contributed by atoms with Crippen LogP contribution in [0.3, 0.4) is 0 Å². The molecule has 0 fully saturated rings. The maximum absolute atomic E-state index is 10.8. The van der Waals surface area contributed by atoms with Crippen molar-refractivity contribution >= 4 is 10.1 Å². The van der Waals surface area contributed by atoms with Gasteiger partial charge in [-0.2, -0.15) is 0 Å². The molecule has 0 spiro atoms. The van der Waals surface area contributed by atoms with Crippen molar-refractivity contribution in [1.29, 1.82) is 0 Å². The number of nitrogens with zero attached hydrogens (tertiary/aromatic N) is 2. The molecule has 0 atom stereocenters. The summed E-state index contributed by atoms with van der Waals surface area (Å²) in [5.41, 5.74) is 0.402. The monoisotopic (exact) mass is 264 g/mol. The van der Waals surface area contributed by atoms with Gasteiger partial charge in [0.25, 0.3) is 0 Å². The third-order valence-electron chi connectivity index (χ3n) is 1.74.